The van der Waals surface area contributed by atoms with E-state index in [0.717, 1.165) is 25.7 Å². The third-order valence-electron chi connectivity index (χ3n) is 5.52. The van der Waals surface area contributed by atoms with Crippen LogP contribution in [-0.2, 0) is 25.6 Å². The molecule has 1 saturated heterocycles. The minimum absolute atomic E-state index is 0.00740. The predicted octanol–water partition coefficient (Wildman–Crippen LogP) is 2.87. The van der Waals surface area contributed by atoms with Crippen LogP contribution in [0.5, 0.6) is 0 Å². The second kappa shape index (κ2) is 14.6. The van der Waals surface area contributed by atoms with Gasteiger partial charge >= 0.3 is 24.3 Å². The molecular weight excluding hydrogens is 547 g/mol. The molecule has 1 saturated carbocycles. The van der Waals surface area contributed by atoms with E-state index in [1.54, 1.807) is 18.2 Å². The van der Waals surface area contributed by atoms with E-state index in [1.807, 2.05) is 4.90 Å². The molecule has 0 aromatic heterocycles. The molecule has 1 aromatic carbocycles. The van der Waals surface area contributed by atoms with Gasteiger partial charge in [-0.1, -0.05) is 18.2 Å². The van der Waals surface area contributed by atoms with Crippen molar-refractivity contribution in [1.29, 1.82) is 0 Å². The number of likely N-dealkylation sites (tertiary alicyclic amines) is 1. The quantitative estimate of drug-likeness (QED) is 0.365. The standard InChI is InChI=1S/C19H26FN3O2.2C2HF3O2/c20-17-6-2-1-4-14(17)10-15(21)11-18(24)23-9-3-5-16(23)12-22-19(25)13-7-8-13;2*3-2(4,5)1(6)7/h1-2,4,6,13,15-16H,3,5,7-12,21H2,(H,22,25);2*(H,6,7)/t15-,16+;;/m1../s1. The highest BCUT2D eigenvalue weighted by molar-refractivity contribution is 5.81. The largest absolute Gasteiger partial charge is 0.490 e. The van der Waals surface area contributed by atoms with Crippen molar-refractivity contribution in [3.63, 3.8) is 0 Å². The number of alkyl halides is 6. The van der Waals surface area contributed by atoms with E-state index in [0.29, 0.717) is 25.1 Å². The van der Waals surface area contributed by atoms with Crippen molar-refractivity contribution in [3.8, 4) is 0 Å². The van der Waals surface area contributed by atoms with E-state index in [1.165, 1.54) is 6.07 Å². The van der Waals surface area contributed by atoms with Gasteiger partial charge in [-0.25, -0.2) is 14.0 Å². The molecule has 220 valence electrons. The highest BCUT2D eigenvalue weighted by Crippen LogP contribution is 2.29. The number of nitrogens with one attached hydrogen (secondary N) is 1. The summed E-state index contributed by atoms with van der Waals surface area (Å²) < 4.78 is 77.2. The van der Waals surface area contributed by atoms with Crippen molar-refractivity contribution in [1.82, 2.24) is 10.2 Å². The number of nitrogens with two attached hydrogens (primary N) is 1. The van der Waals surface area contributed by atoms with E-state index < -0.39 is 30.3 Å². The van der Waals surface area contributed by atoms with Gasteiger partial charge in [0.2, 0.25) is 11.8 Å². The number of nitrogens with zero attached hydrogens (tertiary/aromatic N) is 1. The van der Waals surface area contributed by atoms with Crippen LogP contribution in [0.1, 0.15) is 37.7 Å². The van der Waals surface area contributed by atoms with Gasteiger partial charge in [0.25, 0.3) is 0 Å². The maximum atomic E-state index is 13.7. The Labute approximate surface area is 218 Å². The molecule has 0 unspecified atom stereocenters. The first-order chi connectivity index (χ1) is 17.9. The van der Waals surface area contributed by atoms with Gasteiger partial charge in [0, 0.05) is 37.5 Å². The Morgan fingerprint density at radius 1 is 0.974 bits per heavy atom. The molecule has 1 aliphatic carbocycles. The topological polar surface area (TPSA) is 150 Å². The summed E-state index contributed by atoms with van der Waals surface area (Å²) in [5.74, 6) is -5.52. The van der Waals surface area contributed by atoms with Crippen LogP contribution in [-0.4, -0.2) is 76.4 Å². The third-order valence-corrected chi connectivity index (χ3v) is 5.52. The van der Waals surface area contributed by atoms with Gasteiger partial charge in [-0.2, -0.15) is 26.3 Å². The third kappa shape index (κ3) is 12.8. The zero-order chi connectivity index (χ0) is 30.0. The van der Waals surface area contributed by atoms with Gasteiger partial charge < -0.3 is 26.2 Å². The van der Waals surface area contributed by atoms with E-state index in [2.05, 4.69) is 5.32 Å². The Bertz CT molecular complexity index is 975. The number of carboxylic acids is 2. The Balaban J connectivity index is 0.000000449. The Morgan fingerprint density at radius 3 is 1.95 bits per heavy atom. The SMILES string of the molecule is N[C@@H](CC(=O)N1CCC[C@H]1CNC(=O)C1CC1)Cc1ccccc1F.O=C(O)C(F)(F)F.O=C(O)C(F)(F)F. The summed E-state index contributed by atoms with van der Waals surface area (Å²) in [6.45, 7) is 1.22. The molecule has 1 heterocycles. The van der Waals surface area contributed by atoms with E-state index in [4.69, 9.17) is 25.5 Å². The van der Waals surface area contributed by atoms with Crippen molar-refractivity contribution in [2.75, 3.05) is 13.1 Å². The highest BCUT2D eigenvalue weighted by Gasteiger charge is 2.39. The average molecular weight is 575 g/mol. The van der Waals surface area contributed by atoms with Crippen LogP contribution in [0.2, 0.25) is 0 Å². The fourth-order valence-electron chi connectivity index (χ4n) is 3.44. The van der Waals surface area contributed by atoms with E-state index in [9.17, 15) is 40.3 Å². The molecule has 0 radical (unpaired) electrons. The molecule has 5 N–H and O–H groups in total. The maximum Gasteiger partial charge on any atom is 0.490 e. The van der Waals surface area contributed by atoms with Crippen molar-refractivity contribution in [2.24, 2.45) is 11.7 Å². The first-order valence-corrected chi connectivity index (χ1v) is 11.6. The number of hydrogen-bond acceptors (Lipinski definition) is 5. The van der Waals surface area contributed by atoms with Crippen molar-refractivity contribution in [3.05, 3.63) is 35.6 Å². The molecule has 2 fully saturated rings. The average Bonchev–Trinajstić information content (AvgIpc) is 3.56. The number of benzene rings is 1. The molecule has 3 rings (SSSR count). The lowest BCUT2D eigenvalue weighted by atomic mass is 10.0. The molecule has 39 heavy (non-hydrogen) atoms. The van der Waals surface area contributed by atoms with Gasteiger partial charge in [-0.15, -0.1) is 0 Å². The van der Waals surface area contributed by atoms with E-state index >= 15 is 0 Å². The highest BCUT2D eigenvalue weighted by atomic mass is 19.4. The smallest absolute Gasteiger partial charge is 0.475 e. The van der Waals surface area contributed by atoms with Gasteiger partial charge in [-0.3, -0.25) is 9.59 Å². The van der Waals surface area contributed by atoms with Crippen LogP contribution in [0.3, 0.4) is 0 Å². The molecule has 1 aliphatic heterocycles. The fourth-order valence-corrected chi connectivity index (χ4v) is 3.44. The number of hydrogen-bond donors (Lipinski definition) is 4. The first kappa shape index (κ1) is 33.6. The van der Waals surface area contributed by atoms with Gasteiger partial charge in [-0.05, 0) is 43.7 Å². The molecule has 0 bridgehead atoms. The summed E-state index contributed by atoms with van der Waals surface area (Å²) in [6.07, 6.45) is -5.83. The summed E-state index contributed by atoms with van der Waals surface area (Å²) in [5.41, 5.74) is 6.61. The minimum atomic E-state index is -5.08. The van der Waals surface area contributed by atoms with E-state index in [-0.39, 0.29) is 36.0 Å². The molecule has 1 aromatic rings. The van der Waals surface area contributed by atoms with Crippen LogP contribution >= 0.6 is 0 Å². The molecule has 2 aliphatic rings. The summed E-state index contributed by atoms with van der Waals surface area (Å²) in [6, 6.07) is 6.16. The number of halogens is 7. The van der Waals surface area contributed by atoms with Gasteiger partial charge in [0.15, 0.2) is 0 Å². The lowest BCUT2D eigenvalue weighted by Crippen LogP contribution is -2.45. The maximum absolute atomic E-state index is 13.7. The number of aliphatic carboxylic acids is 2. The molecule has 0 spiro atoms. The second-order valence-corrected chi connectivity index (χ2v) is 8.77. The van der Waals surface area contributed by atoms with Crippen LogP contribution in [0.25, 0.3) is 0 Å². The monoisotopic (exact) mass is 575 g/mol. The van der Waals surface area contributed by atoms with Crippen LogP contribution in [0, 0.1) is 11.7 Å². The summed E-state index contributed by atoms with van der Waals surface area (Å²) in [4.78, 5) is 44.0. The summed E-state index contributed by atoms with van der Waals surface area (Å²) in [7, 11) is 0. The molecule has 9 nitrogen and oxygen atoms in total. The van der Waals surface area contributed by atoms with Crippen molar-refractivity contribution >= 4 is 23.8 Å². The molecule has 16 heteroatoms. The van der Waals surface area contributed by atoms with Crippen LogP contribution in [0.15, 0.2) is 24.3 Å². The lowest BCUT2D eigenvalue weighted by Gasteiger charge is -2.26. The Morgan fingerprint density at radius 2 is 1.49 bits per heavy atom. The number of carbonyl (C=O) groups excluding carboxylic acids is 2. The van der Waals surface area contributed by atoms with Gasteiger partial charge in [0.1, 0.15) is 5.82 Å². The Hall–Kier alpha value is -3.43. The number of rotatable bonds is 7. The van der Waals surface area contributed by atoms with Crippen LogP contribution in [0.4, 0.5) is 30.7 Å². The summed E-state index contributed by atoms with van der Waals surface area (Å²) >= 11 is 0. The zero-order valence-electron chi connectivity index (χ0n) is 20.4. The number of amides is 2. The Kier molecular flexibility index (Phi) is 12.6. The first-order valence-electron chi connectivity index (χ1n) is 11.6. The van der Waals surface area contributed by atoms with Crippen molar-refractivity contribution < 1.29 is 60.1 Å². The van der Waals surface area contributed by atoms with Gasteiger partial charge in [0.05, 0.1) is 0 Å². The number of carbonyl (C=O) groups is 4. The molecule has 2 amide bonds. The van der Waals surface area contributed by atoms with Crippen molar-refractivity contribution in [2.45, 2.75) is 63.0 Å². The zero-order valence-corrected chi connectivity index (χ0v) is 20.4. The lowest BCUT2D eigenvalue weighted by molar-refractivity contribution is -0.193. The normalized spacial score (nSPS) is 17.6. The minimum Gasteiger partial charge on any atom is -0.475 e. The molecule has 2 atom stereocenters. The second-order valence-electron chi connectivity index (χ2n) is 8.77. The summed E-state index contributed by atoms with van der Waals surface area (Å²) in [5, 5.41) is 17.2. The molecular formula is C23H28F7N3O6. The van der Waals surface area contributed by atoms with Crippen LogP contribution < -0.4 is 11.1 Å². The number of carboxylic acid groups (broad SMARTS) is 2. The predicted molar refractivity (Wildman–Crippen MR) is 121 cm³/mol. The fraction of sp³-hybridized carbons (Fsp3) is 0.565.